The second-order valence-corrected chi connectivity index (χ2v) is 19.8. The first-order chi connectivity index (χ1) is 31.0. The van der Waals surface area contributed by atoms with Crippen molar-refractivity contribution in [3.8, 4) is 0 Å². The molecule has 0 spiro atoms. The van der Waals surface area contributed by atoms with Crippen LogP contribution in [0.4, 0.5) is 0 Å². The SMILES string of the molecule is CCCCCCCC=C=CCCCCCCCC(=O)O[C@H](COC(=O)CCCCCCCCCCCCCCCCCCCCCCC)CO[C@H]1O[C@H](CS(=O)(=O)O)[C@@H](O)C(O)C1O. The molecule has 13 heteroatoms. The van der Waals surface area contributed by atoms with E-state index in [0.29, 0.717) is 12.8 Å². The van der Waals surface area contributed by atoms with Gasteiger partial charge in [-0.2, -0.15) is 8.42 Å². The molecule has 376 valence electrons. The minimum Gasteiger partial charge on any atom is -0.462 e. The van der Waals surface area contributed by atoms with E-state index in [4.69, 9.17) is 18.9 Å². The maximum absolute atomic E-state index is 12.8. The van der Waals surface area contributed by atoms with E-state index in [1.807, 2.05) is 0 Å². The summed E-state index contributed by atoms with van der Waals surface area (Å²) in [6.45, 7) is 3.76. The number of hydrogen-bond acceptors (Lipinski definition) is 11. The van der Waals surface area contributed by atoms with E-state index in [2.05, 4.69) is 31.7 Å². The van der Waals surface area contributed by atoms with Crippen LogP contribution in [-0.2, 0) is 38.7 Å². The third-order valence-corrected chi connectivity index (χ3v) is 12.9. The van der Waals surface area contributed by atoms with Crippen molar-refractivity contribution in [2.75, 3.05) is 19.0 Å². The average Bonchev–Trinajstić information content (AvgIpc) is 3.26. The molecular weight excluding hydrogens is 837 g/mol. The molecule has 1 aliphatic heterocycles. The molecule has 0 radical (unpaired) electrons. The van der Waals surface area contributed by atoms with Gasteiger partial charge in [0.05, 0.1) is 6.61 Å². The number of aliphatic hydroxyl groups is 3. The van der Waals surface area contributed by atoms with Crippen LogP contribution in [0.5, 0.6) is 0 Å². The van der Waals surface area contributed by atoms with Gasteiger partial charge >= 0.3 is 11.9 Å². The Morgan fingerprint density at radius 3 is 1.36 bits per heavy atom. The molecule has 0 aliphatic carbocycles. The molecule has 4 N–H and O–H groups in total. The Balaban J connectivity index is 2.35. The van der Waals surface area contributed by atoms with Crippen LogP contribution in [0, 0.1) is 0 Å². The smallest absolute Gasteiger partial charge is 0.306 e. The number of hydrogen-bond donors (Lipinski definition) is 4. The minimum absolute atomic E-state index is 0.147. The zero-order chi connectivity index (χ0) is 46.9. The topological polar surface area (TPSA) is 186 Å². The van der Waals surface area contributed by atoms with E-state index in [1.165, 1.54) is 141 Å². The lowest BCUT2D eigenvalue weighted by Gasteiger charge is -2.40. The van der Waals surface area contributed by atoms with Gasteiger partial charge in [-0.15, -0.1) is 5.73 Å². The second-order valence-electron chi connectivity index (χ2n) is 18.3. The number of carbonyl (C=O) groups excluding carboxylic acids is 2. The Bertz CT molecular complexity index is 1290. The summed E-state index contributed by atoms with van der Waals surface area (Å²) in [5, 5.41) is 31.0. The highest BCUT2D eigenvalue weighted by Gasteiger charge is 2.46. The van der Waals surface area contributed by atoms with Crippen LogP contribution in [0.1, 0.15) is 239 Å². The van der Waals surface area contributed by atoms with Crippen molar-refractivity contribution in [1.29, 1.82) is 0 Å². The van der Waals surface area contributed by atoms with E-state index >= 15 is 0 Å². The monoisotopic (exact) mass is 931 g/mol. The summed E-state index contributed by atoms with van der Waals surface area (Å²) in [6.07, 6.45) is 34.6. The van der Waals surface area contributed by atoms with E-state index < -0.39 is 71.2 Å². The Kier molecular flexibility index (Phi) is 38.9. The summed E-state index contributed by atoms with van der Waals surface area (Å²) in [5.41, 5.74) is 3.28. The largest absolute Gasteiger partial charge is 0.462 e. The van der Waals surface area contributed by atoms with E-state index in [1.54, 1.807) is 0 Å². The van der Waals surface area contributed by atoms with Gasteiger partial charge in [0, 0.05) is 12.8 Å². The highest BCUT2D eigenvalue weighted by Crippen LogP contribution is 2.24. The Hall–Kier alpha value is -1.83. The third kappa shape index (κ3) is 35.4. The van der Waals surface area contributed by atoms with Crippen LogP contribution in [-0.4, -0.2) is 96.0 Å². The number of rotatable bonds is 44. The standard InChI is InChI=1S/C51H94O12S/c1-3-5-7-9-11-13-15-17-19-20-21-22-23-24-26-27-29-31-33-35-37-39-46(52)60-41-44(42-61-51-50(56)49(55)48(54)45(63-51)43-64(57,58)59)62-47(53)40-38-36-34-32-30-28-25-18-16-14-12-10-8-6-4-2/h16,25,44-45,48-51,54-56H,3-15,17,19-24,26-43H2,1-2H3,(H,57,58,59)/t18?,44-,45-,48-,49?,50?,51+/m1/s1. The van der Waals surface area contributed by atoms with Crippen molar-refractivity contribution >= 4 is 22.1 Å². The van der Waals surface area contributed by atoms with Gasteiger partial charge in [0.2, 0.25) is 0 Å². The van der Waals surface area contributed by atoms with E-state index in [-0.39, 0.29) is 19.4 Å². The second kappa shape index (κ2) is 41.4. The molecule has 1 rings (SSSR count). The maximum atomic E-state index is 12.8. The Morgan fingerprint density at radius 1 is 0.547 bits per heavy atom. The van der Waals surface area contributed by atoms with Crippen molar-refractivity contribution in [3.63, 3.8) is 0 Å². The van der Waals surface area contributed by atoms with Crippen LogP contribution in [0.3, 0.4) is 0 Å². The van der Waals surface area contributed by atoms with Crippen molar-refractivity contribution in [2.24, 2.45) is 0 Å². The van der Waals surface area contributed by atoms with Crippen LogP contribution in [0.25, 0.3) is 0 Å². The summed E-state index contributed by atoms with van der Waals surface area (Å²) >= 11 is 0. The molecule has 12 nitrogen and oxygen atoms in total. The number of carbonyl (C=O) groups is 2. The van der Waals surface area contributed by atoms with Crippen LogP contribution >= 0.6 is 0 Å². The molecule has 0 aromatic carbocycles. The fraction of sp³-hybridized carbons (Fsp3) is 0.902. The lowest BCUT2D eigenvalue weighted by atomic mass is 10.00. The average molecular weight is 931 g/mol. The molecule has 64 heavy (non-hydrogen) atoms. The van der Waals surface area contributed by atoms with Crippen molar-refractivity contribution in [2.45, 2.75) is 275 Å². The first-order valence-electron chi connectivity index (χ1n) is 26.0. The number of ether oxygens (including phenoxy) is 4. The van der Waals surface area contributed by atoms with Gasteiger partial charge in [-0.3, -0.25) is 14.1 Å². The van der Waals surface area contributed by atoms with Gasteiger partial charge in [-0.25, -0.2) is 0 Å². The van der Waals surface area contributed by atoms with Crippen molar-refractivity contribution in [1.82, 2.24) is 0 Å². The summed E-state index contributed by atoms with van der Waals surface area (Å²) in [4.78, 5) is 25.5. The Labute approximate surface area is 389 Å². The fourth-order valence-electron chi connectivity index (χ4n) is 8.07. The molecule has 1 aliphatic rings. The molecule has 2 unspecified atom stereocenters. The predicted molar refractivity (Wildman–Crippen MR) is 255 cm³/mol. The third-order valence-electron chi connectivity index (χ3n) is 12.1. The fourth-order valence-corrected chi connectivity index (χ4v) is 8.76. The summed E-state index contributed by atoms with van der Waals surface area (Å²) < 4.78 is 54.2. The quantitative estimate of drug-likeness (QED) is 0.0196. The normalized spacial score (nSPS) is 19.2. The van der Waals surface area contributed by atoms with Crippen molar-refractivity contribution in [3.05, 3.63) is 17.9 Å². The summed E-state index contributed by atoms with van der Waals surface area (Å²) in [6, 6.07) is 0. The van der Waals surface area contributed by atoms with Gasteiger partial charge in [0.1, 0.15) is 36.8 Å². The number of unbranched alkanes of at least 4 members (excludes halogenated alkanes) is 30. The molecular formula is C51H94O12S. The lowest BCUT2D eigenvalue weighted by molar-refractivity contribution is -0.297. The lowest BCUT2D eigenvalue weighted by Crippen LogP contribution is -2.60. The molecule has 0 saturated carbocycles. The molecule has 0 aromatic heterocycles. The van der Waals surface area contributed by atoms with E-state index in [9.17, 15) is 37.9 Å². The molecule has 0 bridgehead atoms. The zero-order valence-electron chi connectivity index (χ0n) is 40.5. The molecule has 1 fully saturated rings. The highest BCUT2D eigenvalue weighted by atomic mass is 32.2. The molecule has 6 atom stereocenters. The predicted octanol–water partition coefficient (Wildman–Crippen LogP) is 11.6. The van der Waals surface area contributed by atoms with Gasteiger partial charge in [0.15, 0.2) is 12.4 Å². The van der Waals surface area contributed by atoms with E-state index in [0.717, 1.165) is 57.8 Å². The van der Waals surface area contributed by atoms with Crippen molar-refractivity contribution < 1.29 is 56.8 Å². The molecule has 0 aromatic rings. The van der Waals surface area contributed by atoms with Crippen LogP contribution in [0.2, 0.25) is 0 Å². The molecule has 1 saturated heterocycles. The van der Waals surface area contributed by atoms with Crippen LogP contribution < -0.4 is 0 Å². The first kappa shape index (κ1) is 60.2. The van der Waals surface area contributed by atoms with Gasteiger partial charge < -0.3 is 34.3 Å². The van der Waals surface area contributed by atoms with Crippen LogP contribution in [0.15, 0.2) is 17.9 Å². The van der Waals surface area contributed by atoms with Gasteiger partial charge in [-0.05, 0) is 50.7 Å². The van der Waals surface area contributed by atoms with Gasteiger partial charge in [-0.1, -0.05) is 187 Å². The van der Waals surface area contributed by atoms with Gasteiger partial charge in [0.25, 0.3) is 10.1 Å². The zero-order valence-corrected chi connectivity index (χ0v) is 41.3. The molecule has 0 amide bonds. The number of allylic oxidation sites excluding steroid dienone is 1. The number of aliphatic hydroxyl groups excluding tert-OH is 3. The summed E-state index contributed by atoms with van der Waals surface area (Å²) in [7, 11) is -4.60. The minimum atomic E-state index is -4.60. The summed E-state index contributed by atoms with van der Waals surface area (Å²) in [5.74, 6) is -1.99. The molecule has 1 heterocycles. The Morgan fingerprint density at radius 2 is 0.938 bits per heavy atom. The highest BCUT2D eigenvalue weighted by molar-refractivity contribution is 7.85. The maximum Gasteiger partial charge on any atom is 0.306 e. The first-order valence-corrected chi connectivity index (χ1v) is 27.6. The number of esters is 2.